The lowest BCUT2D eigenvalue weighted by Crippen LogP contribution is -2.40. The van der Waals surface area contributed by atoms with Crippen molar-refractivity contribution < 1.29 is 4.79 Å². The average Bonchev–Trinajstić information content (AvgIpc) is 3.23. The monoisotopic (exact) mass is 338 g/mol. The van der Waals surface area contributed by atoms with Gasteiger partial charge < -0.3 is 9.88 Å². The van der Waals surface area contributed by atoms with Gasteiger partial charge in [0.1, 0.15) is 5.82 Å². The number of carbonyl (C=O) groups is 1. The molecule has 1 aromatic heterocycles. The molecule has 132 valence electrons. The van der Waals surface area contributed by atoms with Gasteiger partial charge in [0, 0.05) is 37.3 Å². The summed E-state index contributed by atoms with van der Waals surface area (Å²) >= 11 is 0. The van der Waals surface area contributed by atoms with E-state index in [0.717, 1.165) is 43.0 Å². The highest BCUT2D eigenvalue weighted by Crippen LogP contribution is 2.17. The largest absolute Gasteiger partial charge is 0.347 e. The molecule has 2 aliphatic rings. The van der Waals surface area contributed by atoms with E-state index in [0.29, 0.717) is 0 Å². The minimum Gasteiger partial charge on any atom is -0.347 e. The molecule has 0 spiro atoms. The Bertz CT molecular complexity index is 761. The number of nitrogens with one attached hydrogen (secondary N) is 1. The molecule has 5 nitrogen and oxygen atoms in total. The molecular weight excluding hydrogens is 312 g/mol. The predicted octanol–water partition coefficient (Wildman–Crippen LogP) is 2.53. The fourth-order valence-electron chi connectivity index (χ4n) is 3.98. The van der Waals surface area contributed by atoms with Crippen LogP contribution in [0.3, 0.4) is 0 Å². The van der Waals surface area contributed by atoms with E-state index >= 15 is 0 Å². The molecule has 0 aliphatic carbocycles. The summed E-state index contributed by atoms with van der Waals surface area (Å²) in [6.45, 7) is 6.12. The van der Waals surface area contributed by atoms with Crippen LogP contribution in [-0.2, 0) is 19.5 Å². The molecule has 4 rings (SSSR count). The fourth-order valence-corrected chi connectivity index (χ4v) is 3.98. The molecule has 0 bridgehead atoms. The summed E-state index contributed by atoms with van der Waals surface area (Å²) in [5.41, 5.74) is 3.05. The minimum absolute atomic E-state index is 0.0357. The number of aryl methyl sites for hydroxylation is 2. The highest BCUT2D eigenvalue weighted by molar-refractivity contribution is 5.94. The van der Waals surface area contributed by atoms with E-state index in [4.69, 9.17) is 0 Å². The van der Waals surface area contributed by atoms with Crippen LogP contribution >= 0.6 is 0 Å². The van der Waals surface area contributed by atoms with Crippen LogP contribution in [-0.4, -0.2) is 39.5 Å². The van der Waals surface area contributed by atoms with Gasteiger partial charge in [-0.05, 0) is 57.0 Å². The normalized spacial score (nSPS) is 20.4. The van der Waals surface area contributed by atoms with Crippen molar-refractivity contribution in [2.24, 2.45) is 0 Å². The number of carbonyl (C=O) groups excluding carboxylic acids is 1. The Hall–Kier alpha value is -2.14. The molecular formula is C20H26N4O. The number of fused-ring (bicyclic) bond motifs is 1. The fraction of sp³-hybridized carbons (Fsp3) is 0.500. The van der Waals surface area contributed by atoms with Gasteiger partial charge in [-0.3, -0.25) is 9.69 Å². The van der Waals surface area contributed by atoms with Gasteiger partial charge in [-0.1, -0.05) is 12.1 Å². The average molecular weight is 338 g/mol. The van der Waals surface area contributed by atoms with E-state index in [1.165, 1.54) is 31.5 Å². The maximum absolute atomic E-state index is 12.7. The SMILES string of the molecule is Cc1cn2c(n1)CC[C@@H](NC(=O)c1cccc(CN3CCCC3)c1)C2. The summed E-state index contributed by atoms with van der Waals surface area (Å²) in [6.07, 6.45) is 6.53. The second-order valence-electron chi connectivity index (χ2n) is 7.34. The van der Waals surface area contributed by atoms with Crippen molar-refractivity contribution in [1.82, 2.24) is 19.8 Å². The van der Waals surface area contributed by atoms with Gasteiger partial charge in [-0.15, -0.1) is 0 Å². The molecule has 0 unspecified atom stereocenters. The van der Waals surface area contributed by atoms with Gasteiger partial charge in [0.15, 0.2) is 0 Å². The van der Waals surface area contributed by atoms with Crippen molar-refractivity contribution in [3.63, 3.8) is 0 Å². The van der Waals surface area contributed by atoms with Crippen LogP contribution in [0.25, 0.3) is 0 Å². The lowest BCUT2D eigenvalue weighted by Gasteiger charge is -2.25. The zero-order valence-corrected chi connectivity index (χ0v) is 14.9. The van der Waals surface area contributed by atoms with Gasteiger partial charge >= 0.3 is 0 Å². The lowest BCUT2D eigenvalue weighted by atomic mass is 10.1. The maximum atomic E-state index is 12.7. The zero-order chi connectivity index (χ0) is 17.2. The Morgan fingerprint density at radius 1 is 1.32 bits per heavy atom. The molecule has 0 radical (unpaired) electrons. The molecule has 1 amide bonds. The molecule has 3 heterocycles. The van der Waals surface area contributed by atoms with E-state index in [1.54, 1.807) is 0 Å². The van der Waals surface area contributed by atoms with Crippen LogP contribution < -0.4 is 5.32 Å². The van der Waals surface area contributed by atoms with E-state index < -0.39 is 0 Å². The quantitative estimate of drug-likeness (QED) is 0.932. The van der Waals surface area contributed by atoms with Crippen LogP contribution in [0.4, 0.5) is 0 Å². The third-order valence-electron chi connectivity index (χ3n) is 5.24. The molecule has 5 heteroatoms. The van der Waals surface area contributed by atoms with Crippen LogP contribution in [0.15, 0.2) is 30.5 Å². The lowest BCUT2D eigenvalue weighted by molar-refractivity contribution is 0.0927. The Balaban J connectivity index is 1.39. The van der Waals surface area contributed by atoms with Crippen molar-refractivity contribution in [1.29, 1.82) is 0 Å². The van der Waals surface area contributed by atoms with Crippen LogP contribution in [0.5, 0.6) is 0 Å². The van der Waals surface area contributed by atoms with Crippen molar-refractivity contribution in [2.75, 3.05) is 13.1 Å². The first-order valence-corrected chi connectivity index (χ1v) is 9.32. The van der Waals surface area contributed by atoms with Crippen LogP contribution in [0.2, 0.25) is 0 Å². The highest BCUT2D eigenvalue weighted by atomic mass is 16.1. The number of amides is 1. The molecule has 1 aromatic carbocycles. The Morgan fingerprint density at radius 3 is 3.00 bits per heavy atom. The summed E-state index contributed by atoms with van der Waals surface area (Å²) in [5, 5.41) is 3.21. The molecule has 0 saturated carbocycles. The molecule has 1 N–H and O–H groups in total. The van der Waals surface area contributed by atoms with Crippen molar-refractivity contribution in [3.8, 4) is 0 Å². The van der Waals surface area contributed by atoms with E-state index in [-0.39, 0.29) is 11.9 Å². The summed E-state index contributed by atoms with van der Waals surface area (Å²) in [6, 6.07) is 8.26. The highest BCUT2D eigenvalue weighted by Gasteiger charge is 2.22. The summed E-state index contributed by atoms with van der Waals surface area (Å²) in [5.74, 6) is 1.17. The molecule has 25 heavy (non-hydrogen) atoms. The number of imidazole rings is 1. The molecule has 1 fully saturated rings. The Labute approximate surface area is 149 Å². The first-order valence-electron chi connectivity index (χ1n) is 9.32. The number of likely N-dealkylation sites (tertiary alicyclic amines) is 1. The predicted molar refractivity (Wildman–Crippen MR) is 97.5 cm³/mol. The molecule has 1 saturated heterocycles. The zero-order valence-electron chi connectivity index (χ0n) is 14.9. The number of hydrogen-bond acceptors (Lipinski definition) is 3. The number of hydrogen-bond donors (Lipinski definition) is 1. The number of benzene rings is 1. The third-order valence-corrected chi connectivity index (χ3v) is 5.24. The summed E-state index contributed by atoms with van der Waals surface area (Å²) in [4.78, 5) is 19.7. The molecule has 2 aromatic rings. The maximum Gasteiger partial charge on any atom is 0.251 e. The van der Waals surface area contributed by atoms with E-state index in [2.05, 4.69) is 32.0 Å². The number of aromatic nitrogens is 2. The van der Waals surface area contributed by atoms with Gasteiger partial charge in [0.05, 0.1) is 5.69 Å². The topological polar surface area (TPSA) is 50.2 Å². The number of rotatable bonds is 4. The van der Waals surface area contributed by atoms with E-state index in [9.17, 15) is 4.79 Å². The van der Waals surface area contributed by atoms with Gasteiger partial charge in [0.2, 0.25) is 0 Å². The van der Waals surface area contributed by atoms with Crippen molar-refractivity contribution >= 4 is 5.91 Å². The smallest absolute Gasteiger partial charge is 0.251 e. The Morgan fingerprint density at radius 2 is 2.16 bits per heavy atom. The minimum atomic E-state index is 0.0357. The van der Waals surface area contributed by atoms with Crippen LogP contribution in [0.1, 0.15) is 46.7 Å². The number of nitrogens with zero attached hydrogens (tertiary/aromatic N) is 3. The van der Waals surface area contributed by atoms with Crippen LogP contribution in [0, 0.1) is 6.92 Å². The third kappa shape index (κ3) is 3.76. The Kier molecular flexibility index (Phi) is 4.57. The standard InChI is InChI=1S/C20H26N4O/c1-15-12-24-14-18(7-8-19(24)21-15)22-20(25)17-6-4-5-16(11-17)13-23-9-2-3-10-23/h4-6,11-12,18H,2-3,7-10,13-14H2,1H3,(H,22,25)/t18-/m1/s1. The van der Waals surface area contributed by atoms with Crippen molar-refractivity contribution in [3.05, 3.63) is 53.1 Å². The second kappa shape index (κ2) is 7.00. The second-order valence-corrected chi connectivity index (χ2v) is 7.34. The summed E-state index contributed by atoms with van der Waals surface area (Å²) in [7, 11) is 0. The first kappa shape index (κ1) is 16.3. The van der Waals surface area contributed by atoms with Gasteiger partial charge in [-0.25, -0.2) is 4.98 Å². The van der Waals surface area contributed by atoms with E-state index in [1.807, 2.05) is 25.1 Å². The van der Waals surface area contributed by atoms with Gasteiger partial charge in [-0.2, -0.15) is 0 Å². The van der Waals surface area contributed by atoms with Gasteiger partial charge in [0.25, 0.3) is 5.91 Å². The molecule has 1 atom stereocenters. The summed E-state index contributed by atoms with van der Waals surface area (Å²) < 4.78 is 2.17. The van der Waals surface area contributed by atoms with Crippen molar-refractivity contribution in [2.45, 2.75) is 51.7 Å². The first-order chi connectivity index (χ1) is 12.2. The molecule has 2 aliphatic heterocycles.